The molecule has 4 nitrogen and oxygen atoms in total. The van der Waals surface area contributed by atoms with Crippen LogP contribution < -0.4 is 9.18 Å². The average Bonchev–Trinajstić information content (AvgIpc) is 3.37. The van der Waals surface area contributed by atoms with Gasteiger partial charge in [0.25, 0.3) is 0 Å². The molecule has 4 aromatic carbocycles. The minimum absolute atomic E-state index is 0. The van der Waals surface area contributed by atoms with E-state index in [4.69, 9.17) is 18.8 Å². The molecule has 0 aliphatic heterocycles. The summed E-state index contributed by atoms with van der Waals surface area (Å²) in [6.07, 6.45) is 0.905. The predicted octanol–water partition coefficient (Wildman–Crippen LogP) is 10.8. The third-order valence-electron chi connectivity index (χ3n) is 9.64. The van der Waals surface area contributed by atoms with Crippen LogP contribution in [0.25, 0.3) is 66.0 Å². The number of aryl methyl sites for hydroxylation is 1. The Morgan fingerprint density at radius 1 is 0.712 bits per heavy atom. The molecule has 0 amide bonds. The van der Waals surface area contributed by atoms with E-state index in [9.17, 15) is 0 Å². The summed E-state index contributed by atoms with van der Waals surface area (Å²) in [5.74, 6) is 0. The number of hydrogen-bond donors (Lipinski definition) is 0. The van der Waals surface area contributed by atoms with Crippen LogP contribution in [0.2, 0.25) is 0 Å². The summed E-state index contributed by atoms with van der Waals surface area (Å²) in [7, 11) is 0. The average molecular weight is 931 g/mol. The standard InChI is InChI=1S/C46H44N2O2Se.Pt/c1-26-18-37(51-38-24-31(46(8,9)10)23-34(47-38)29-15-13-16-30(21-29)45(5,6)7)48-41-33-22-28-14-11-12-17-32(28)43-39(33)40-35(49-42(26)41)19-27(20-36(40)50-43)25-44(2,3)4;/h11-14,16-21,23-24H,25H2,1-10H3;/q-2;+2. The maximum atomic E-state index is 6.92. The van der Waals surface area contributed by atoms with Crippen LogP contribution >= 0.6 is 0 Å². The van der Waals surface area contributed by atoms with Crippen molar-refractivity contribution in [1.82, 2.24) is 9.97 Å². The molecule has 0 N–H and O–H groups in total. The summed E-state index contributed by atoms with van der Waals surface area (Å²) >= 11 is -0.182. The molecule has 4 heterocycles. The number of hydrogen-bond acceptors (Lipinski definition) is 4. The van der Waals surface area contributed by atoms with E-state index in [1.54, 1.807) is 0 Å². The molecule has 52 heavy (non-hydrogen) atoms. The molecule has 0 aliphatic carbocycles. The molecular weight excluding hydrogens is 887 g/mol. The van der Waals surface area contributed by atoms with Crippen molar-refractivity contribution in [2.24, 2.45) is 5.41 Å². The zero-order valence-electron chi connectivity index (χ0n) is 31.6. The van der Waals surface area contributed by atoms with E-state index in [1.165, 1.54) is 16.7 Å². The van der Waals surface area contributed by atoms with Crippen molar-refractivity contribution in [3.05, 3.63) is 107 Å². The van der Waals surface area contributed by atoms with Crippen molar-refractivity contribution >= 4 is 78.9 Å². The van der Waals surface area contributed by atoms with Gasteiger partial charge in [-0.15, -0.1) is 0 Å². The Kier molecular flexibility index (Phi) is 9.13. The Bertz CT molecular complexity index is 2660. The molecule has 8 rings (SSSR count). The van der Waals surface area contributed by atoms with Crippen LogP contribution in [0.5, 0.6) is 0 Å². The molecule has 4 aromatic heterocycles. The normalized spacial score (nSPS) is 12.8. The van der Waals surface area contributed by atoms with E-state index in [2.05, 4.69) is 148 Å². The second kappa shape index (κ2) is 13.0. The summed E-state index contributed by atoms with van der Waals surface area (Å²) in [5.41, 5.74) is 10.9. The fraction of sp³-hybridized carbons (Fsp3) is 0.304. The van der Waals surface area contributed by atoms with Gasteiger partial charge in [-0.3, -0.25) is 0 Å². The molecule has 6 heteroatoms. The van der Waals surface area contributed by atoms with Crippen molar-refractivity contribution in [3.8, 4) is 11.3 Å². The molecule has 0 atom stereocenters. The van der Waals surface area contributed by atoms with Crippen LogP contribution in [0.3, 0.4) is 0 Å². The number of aromatic nitrogens is 2. The Labute approximate surface area is 327 Å². The molecule has 0 radical (unpaired) electrons. The number of nitrogens with zero attached hydrogens (tertiary/aromatic N) is 2. The van der Waals surface area contributed by atoms with Gasteiger partial charge in [0.1, 0.15) is 0 Å². The molecule has 0 unspecified atom stereocenters. The van der Waals surface area contributed by atoms with Crippen molar-refractivity contribution in [3.63, 3.8) is 0 Å². The Hall–Kier alpha value is -3.75. The summed E-state index contributed by atoms with van der Waals surface area (Å²) < 4.78 is 15.7. The first kappa shape index (κ1) is 36.6. The second-order valence-corrected chi connectivity index (χ2v) is 19.5. The predicted molar refractivity (Wildman–Crippen MR) is 214 cm³/mol. The molecule has 266 valence electrons. The smallest absolute Gasteiger partial charge is 2.00 e. The van der Waals surface area contributed by atoms with Crippen LogP contribution in [0, 0.1) is 24.5 Å². The van der Waals surface area contributed by atoms with Crippen molar-refractivity contribution in [1.29, 1.82) is 0 Å². The SMILES string of the molecule is Cc1cc([Se]c2cc(C(C)(C)C)cc(-c3[c-]ccc(C(C)(C)C)c3)n2)nc2c1oc1cc(CC(C)(C)C)cc3oc4c5ccccc5[c-]c2c4c13.[Pt+2]. The third-order valence-corrected chi connectivity index (χ3v) is 11.4. The number of pyridine rings is 2. The van der Waals surface area contributed by atoms with Gasteiger partial charge in [0.05, 0.1) is 0 Å². The molecule has 0 aliphatic rings. The Morgan fingerprint density at radius 2 is 1.38 bits per heavy atom. The first-order chi connectivity index (χ1) is 24.0. The third kappa shape index (κ3) is 6.77. The monoisotopic (exact) mass is 931 g/mol. The first-order valence-corrected chi connectivity index (χ1v) is 19.5. The summed E-state index contributed by atoms with van der Waals surface area (Å²) in [5, 5.41) is 4.96. The van der Waals surface area contributed by atoms with Gasteiger partial charge >= 0.3 is 329 Å². The van der Waals surface area contributed by atoms with Crippen LogP contribution in [0.4, 0.5) is 0 Å². The fourth-order valence-corrected chi connectivity index (χ4v) is 8.96. The van der Waals surface area contributed by atoms with Crippen LogP contribution in [-0.2, 0) is 38.3 Å². The fourth-order valence-electron chi connectivity index (χ4n) is 7.04. The summed E-state index contributed by atoms with van der Waals surface area (Å²) in [6, 6.07) is 33.1. The topological polar surface area (TPSA) is 52.1 Å². The van der Waals surface area contributed by atoms with Crippen molar-refractivity contribution < 1.29 is 29.9 Å². The van der Waals surface area contributed by atoms with E-state index in [0.717, 1.165) is 87.2 Å². The van der Waals surface area contributed by atoms with Crippen LogP contribution in [-0.4, -0.2) is 24.9 Å². The van der Waals surface area contributed by atoms with Gasteiger partial charge in [-0.05, 0) is 0 Å². The van der Waals surface area contributed by atoms with Gasteiger partial charge in [0, 0.05) is 0 Å². The van der Waals surface area contributed by atoms with Crippen LogP contribution in [0.1, 0.15) is 84.6 Å². The van der Waals surface area contributed by atoms with Crippen molar-refractivity contribution in [2.75, 3.05) is 0 Å². The number of benzene rings is 4. The molecule has 0 spiro atoms. The molecule has 0 saturated heterocycles. The molecule has 8 aromatic rings. The Balaban J connectivity index is 0.00000420. The quantitative estimate of drug-likeness (QED) is 0.130. The molecule has 0 bridgehead atoms. The van der Waals surface area contributed by atoms with E-state index in [-0.39, 0.29) is 52.3 Å². The van der Waals surface area contributed by atoms with E-state index in [1.807, 2.05) is 6.07 Å². The molecule has 0 saturated carbocycles. The minimum Gasteiger partial charge on any atom is 2.00 e. The minimum atomic E-state index is -0.182. The van der Waals surface area contributed by atoms with E-state index >= 15 is 0 Å². The van der Waals surface area contributed by atoms with Gasteiger partial charge in [-0.1, -0.05) is 0 Å². The first-order valence-electron chi connectivity index (χ1n) is 17.8. The largest absolute Gasteiger partial charge is 2.00 e. The van der Waals surface area contributed by atoms with E-state index in [0.29, 0.717) is 0 Å². The molecule has 0 fully saturated rings. The second-order valence-electron chi connectivity index (χ2n) is 17.3. The number of fused-ring (bicyclic) bond motifs is 4. The van der Waals surface area contributed by atoms with E-state index < -0.39 is 0 Å². The molecular formula is C46H44N2O2PtSe. The van der Waals surface area contributed by atoms with Gasteiger partial charge < -0.3 is 0 Å². The maximum absolute atomic E-state index is 6.92. The van der Waals surface area contributed by atoms with Gasteiger partial charge in [-0.25, -0.2) is 0 Å². The van der Waals surface area contributed by atoms with Crippen molar-refractivity contribution in [2.45, 2.75) is 86.5 Å². The summed E-state index contributed by atoms with van der Waals surface area (Å²) in [4.78, 5) is 10.7. The van der Waals surface area contributed by atoms with Gasteiger partial charge in [0.2, 0.25) is 0 Å². The number of rotatable bonds is 4. The number of furan rings is 1. The summed E-state index contributed by atoms with van der Waals surface area (Å²) in [6.45, 7) is 22.4. The zero-order chi connectivity index (χ0) is 36.0. The zero-order valence-corrected chi connectivity index (χ0v) is 35.6. The maximum Gasteiger partial charge on any atom is 2.00 e. The van der Waals surface area contributed by atoms with Gasteiger partial charge in [0.15, 0.2) is 0 Å². The van der Waals surface area contributed by atoms with Gasteiger partial charge in [-0.2, -0.15) is 0 Å². The Morgan fingerprint density at radius 3 is 2.08 bits per heavy atom. The van der Waals surface area contributed by atoms with Crippen LogP contribution in [0.15, 0.2) is 81.6 Å².